The first-order valence-corrected chi connectivity index (χ1v) is 22.6. The Kier molecular flexibility index (Phi) is 8.66. The SMILES string of the molecule is C[Si]1(C)c2ccccc2-c2nc(-c3cccc(-c4cc(-c5ccccc5)cc(-c5cc(-c6ccccc6)cc(-c6ccccc6)c5)c4)c3)nc(-c3ccccc3)c21. The Morgan fingerprint density at radius 1 is 0.298 bits per heavy atom. The van der Waals surface area contributed by atoms with E-state index in [0.29, 0.717) is 0 Å². The Bertz CT molecular complexity index is 2850. The highest BCUT2D eigenvalue weighted by Gasteiger charge is 2.41. The van der Waals surface area contributed by atoms with Gasteiger partial charge in [-0.3, -0.25) is 0 Å². The fourth-order valence-electron chi connectivity index (χ4n) is 8.54. The highest BCUT2D eigenvalue weighted by Crippen LogP contribution is 2.39. The third kappa shape index (κ3) is 6.42. The number of fused-ring (bicyclic) bond motifs is 3. The van der Waals surface area contributed by atoms with Gasteiger partial charge in [0.1, 0.15) is 8.07 Å². The number of aromatic nitrogens is 2. The lowest BCUT2D eigenvalue weighted by Crippen LogP contribution is -2.50. The summed E-state index contributed by atoms with van der Waals surface area (Å²) in [4.78, 5) is 10.8. The Hall–Kier alpha value is -6.94. The molecule has 1 aliphatic heterocycles. The maximum Gasteiger partial charge on any atom is 0.160 e. The van der Waals surface area contributed by atoms with Crippen LogP contribution >= 0.6 is 0 Å². The molecule has 270 valence electrons. The van der Waals surface area contributed by atoms with E-state index in [1.54, 1.807) is 0 Å². The summed E-state index contributed by atoms with van der Waals surface area (Å²) < 4.78 is 0. The lowest BCUT2D eigenvalue weighted by atomic mass is 9.89. The van der Waals surface area contributed by atoms with Gasteiger partial charge in [-0.2, -0.15) is 0 Å². The molecule has 0 unspecified atom stereocenters. The highest BCUT2D eigenvalue weighted by molar-refractivity contribution is 7.04. The van der Waals surface area contributed by atoms with Crippen LogP contribution in [0.1, 0.15) is 0 Å². The lowest BCUT2D eigenvalue weighted by Gasteiger charge is -2.21. The maximum atomic E-state index is 5.43. The number of hydrogen-bond donors (Lipinski definition) is 0. The van der Waals surface area contributed by atoms with Crippen LogP contribution in [0.4, 0.5) is 0 Å². The summed E-state index contributed by atoms with van der Waals surface area (Å²) in [6, 6.07) is 74.3. The zero-order chi connectivity index (χ0) is 38.3. The fourth-order valence-corrected chi connectivity index (χ4v) is 11.8. The van der Waals surface area contributed by atoms with Crippen molar-refractivity contribution in [3.8, 4) is 89.5 Å². The minimum absolute atomic E-state index is 0.749. The van der Waals surface area contributed by atoms with Gasteiger partial charge in [-0.15, -0.1) is 0 Å². The summed E-state index contributed by atoms with van der Waals surface area (Å²) in [5, 5.41) is 2.75. The van der Waals surface area contributed by atoms with Crippen molar-refractivity contribution < 1.29 is 0 Å². The monoisotopic (exact) mass is 744 g/mol. The number of rotatable bonds is 7. The van der Waals surface area contributed by atoms with Crippen LogP contribution in [0.3, 0.4) is 0 Å². The molecule has 8 aromatic carbocycles. The zero-order valence-corrected chi connectivity index (χ0v) is 33.0. The molecule has 0 bridgehead atoms. The van der Waals surface area contributed by atoms with Crippen molar-refractivity contribution in [3.05, 3.63) is 206 Å². The van der Waals surface area contributed by atoms with Crippen LogP contribution in [-0.4, -0.2) is 18.0 Å². The molecular weight excluding hydrogens is 705 g/mol. The lowest BCUT2D eigenvalue weighted by molar-refractivity contribution is 1.20. The number of benzene rings is 8. The summed E-state index contributed by atoms with van der Waals surface area (Å²) >= 11 is 0. The van der Waals surface area contributed by atoms with Gasteiger partial charge in [0.2, 0.25) is 0 Å². The van der Waals surface area contributed by atoms with E-state index in [0.717, 1.165) is 45.0 Å². The van der Waals surface area contributed by atoms with Gasteiger partial charge in [-0.25, -0.2) is 9.97 Å². The first kappa shape index (κ1) is 34.5. The molecule has 0 fully saturated rings. The van der Waals surface area contributed by atoms with E-state index < -0.39 is 8.07 Å². The summed E-state index contributed by atoms with van der Waals surface area (Å²) in [6.07, 6.45) is 0. The van der Waals surface area contributed by atoms with Crippen molar-refractivity contribution >= 4 is 18.4 Å². The second kappa shape index (κ2) is 14.3. The molecule has 0 saturated heterocycles. The molecule has 2 nitrogen and oxygen atoms in total. The summed E-state index contributed by atoms with van der Waals surface area (Å²) in [5.41, 5.74) is 17.2. The quantitative estimate of drug-likeness (QED) is 0.152. The molecule has 2 heterocycles. The summed E-state index contributed by atoms with van der Waals surface area (Å²) in [6.45, 7) is 4.87. The fraction of sp³-hybridized carbons (Fsp3) is 0.0370. The van der Waals surface area contributed by atoms with Gasteiger partial charge in [0, 0.05) is 11.1 Å². The van der Waals surface area contributed by atoms with E-state index in [1.807, 2.05) is 0 Å². The third-order valence-corrected chi connectivity index (χ3v) is 14.9. The minimum Gasteiger partial charge on any atom is -0.228 e. The molecule has 0 spiro atoms. The molecule has 0 radical (unpaired) electrons. The van der Waals surface area contributed by atoms with E-state index in [4.69, 9.17) is 9.97 Å². The van der Waals surface area contributed by atoms with Crippen LogP contribution in [0.15, 0.2) is 206 Å². The zero-order valence-electron chi connectivity index (χ0n) is 32.0. The molecule has 1 aliphatic rings. The topological polar surface area (TPSA) is 25.8 Å². The van der Waals surface area contributed by atoms with Crippen molar-refractivity contribution in [3.63, 3.8) is 0 Å². The molecule has 9 aromatic rings. The molecular formula is C54H40N2Si. The van der Waals surface area contributed by atoms with Gasteiger partial charge in [-0.1, -0.05) is 177 Å². The van der Waals surface area contributed by atoms with Gasteiger partial charge in [-0.05, 0) is 114 Å². The molecule has 1 aromatic heterocycles. The van der Waals surface area contributed by atoms with E-state index in [1.165, 1.54) is 54.9 Å². The van der Waals surface area contributed by atoms with E-state index in [2.05, 4.69) is 219 Å². The molecule has 0 aliphatic carbocycles. The Labute approximate surface area is 335 Å². The second-order valence-electron chi connectivity index (χ2n) is 15.4. The number of nitrogens with zero attached hydrogens (tertiary/aromatic N) is 2. The Balaban J connectivity index is 1.15. The van der Waals surface area contributed by atoms with E-state index in [9.17, 15) is 0 Å². The molecule has 0 saturated carbocycles. The van der Waals surface area contributed by atoms with Crippen LogP contribution in [0.2, 0.25) is 13.1 Å². The van der Waals surface area contributed by atoms with E-state index >= 15 is 0 Å². The molecule has 0 amide bonds. The number of hydrogen-bond acceptors (Lipinski definition) is 2. The first-order chi connectivity index (χ1) is 28.0. The van der Waals surface area contributed by atoms with Crippen molar-refractivity contribution in [2.75, 3.05) is 0 Å². The van der Waals surface area contributed by atoms with Crippen molar-refractivity contribution in [2.24, 2.45) is 0 Å². The molecule has 3 heteroatoms. The predicted molar refractivity (Wildman–Crippen MR) is 242 cm³/mol. The van der Waals surface area contributed by atoms with Crippen LogP contribution in [0.5, 0.6) is 0 Å². The standard InChI is InChI=1S/C54H40N2Si/c1-57(2)50-29-16-15-28-49(50)52-53(57)51(40-24-13-6-14-25-40)55-54(56-52)42-27-17-26-41(30-42)46-32-45(39-22-11-5-12-23-39)35-48(36-46)47-33-43(37-18-7-3-8-19-37)31-44(34-47)38-20-9-4-10-21-38/h3-36H,1-2H3. The highest BCUT2D eigenvalue weighted by atomic mass is 28.3. The average Bonchev–Trinajstić information content (AvgIpc) is 3.52. The van der Waals surface area contributed by atoms with Gasteiger partial charge in [0.05, 0.1) is 11.4 Å². The smallest absolute Gasteiger partial charge is 0.160 e. The molecule has 0 N–H and O–H groups in total. The Morgan fingerprint density at radius 2 is 0.649 bits per heavy atom. The van der Waals surface area contributed by atoms with Gasteiger partial charge in [0.25, 0.3) is 0 Å². The Morgan fingerprint density at radius 3 is 1.16 bits per heavy atom. The van der Waals surface area contributed by atoms with Gasteiger partial charge in [0.15, 0.2) is 5.82 Å². The van der Waals surface area contributed by atoms with Crippen molar-refractivity contribution in [1.82, 2.24) is 9.97 Å². The summed E-state index contributed by atoms with van der Waals surface area (Å²) in [7, 11) is -2.05. The maximum absolute atomic E-state index is 5.43. The van der Waals surface area contributed by atoms with Crippen molar-refractivity contribution in [2.45, 2.75) is 13.1 Å². The second-order valence-corrected chi connectivity index (χ2v) is 19.7. The predicted octanol–water partition coefficient (Wildman–Crippen LogP) is 12.9. The average molecular weight is 745 g/mol. The first-order valence-electron chi connectivity index (χ1n) is 19.6. The minimum atomic E-state index is -2.05. The van der Waals surface area contributed by atoms with Crippen LogP contribution in [0.25, 0.3) is 89.5 Å². The van der Waals surface area contributed by atoms with Crippen LogP contribution in [0, 0.1) is 0 Å². The van der Waals surface area contributed by atoms with Gasteiger partial charge < -0.3 is 0 Å². The van der Waals surface area contributed by atoms with Crippen molar-refractivity contribution in [1.29, 1.82) is 0 Å². The third-order valence-electron chi connectivity index (χ3n) is 11.4. The molecule has 10 rings (SSSR count). The van der Waals surface area contributed by atoms with E-state index in [-0.39, 0.29) is 0 Å². The van der Waals surface area contributed by atoms with Gasteiger partial charge >= 0.3 is 0 Å². The molecule has 0 atom stereocenters. The largest absolute Gasteiger partial charge is 0.228 e. The normalized spacial score (nSPS) is 12.5. The molecule has 57 heavy (non-hydrogen) atoms. The van der Waals surface area contributed by atoms with Crippen LogP contribution in [-0.2, 0) is 0 Å². The van der Waals surface area contributed by atoms with Crippen LogP contribution < -0.4 is 10.4 Å². The summed E-state index contributed by atoms with van der Waals surface area (Å²) in [5.74, 6) is 0.749.